The van der Waals surface area contributed by atoms with Gasteiger partial charge in [0.25, 0.3) is 5.56 Å². The molecule has 94 valence electrons. The van der Waals surface area contributed by atoms with Crippen LogP contribution in [0.25, 0.3) is 10.2 Å². The Bertz CT molecular complexity index is 644. The van der Waals surface area contributed by atoms with Crippen LogP contribution in [0.5, 0.6) is 0 Å². The van der Waals surface area contributed by atoms with Gasteiger partial charge in [-0.2, -0.15) is 0 Å². The number of carbonyl (C=O) groups excluding carboxylic acids is 1. The number of hydrogen-bond acceptors (Lipinski definition) is 4. The maximum absolute atomic E-state index is 12.1. The van der Waals surface area contributed by atoms with E-state index in [-0.39, 0.29) is 11.5 Å². The van der Waals surface area contributed by atoms with E-state index in [9.17, 15) is 9.59 Å². The molecule has 2 heterocycles. The SMILES string of the molecule is O=C1CCCC1CCn1cnc2sccc2c1=O. The lowest BCUT2D eigenvalue weighted by atomic mass is 10.0. The van der Waals surface area contributed by atoms with Crippen LogP contribution in [0.3, 0.4) is 0 Å². The Balaban J connectivity index is 1.80. The Morgan fingerprint density at radius 3 is 3.11 bits per heavy atom. The van der Waals surface area contributed by atoms with Gasteiger partial charge in [0.1, 0.15) is 10.6 Å². The zero-order valence-electron chi connectivity index (χ0n) is 9.96. The van der Waals surface area contributed by atoms with Gasteiger partial charge >= 0.3 is 0 Å². The maximum Gasteiger partial charge on any atom is 0.262 e. The highest BCUT2D eigenvalue weighted by Gasteiger charge is 2.23. The molecule has 0 spiro atoms. The zero-order valence-corrected chi connectivity index (χ0v) is 10.8. The van der Waals surface area contributed by atoms with Gasteiger partial charge in [-0.15, -0.1) is 11.3 Å². The van der Waals surface area contributed by atoms with Gasteiger partial charge in [0.05, 0.1) is 11.7 Å². The number of aryl methyl sites for hydroxylation is 1. The van der Waals surface area contributed by atoms with E-state index < -0.39 is 0 Å². The summed E-state index contributed by atoms with van der Waals surface area (Å²) in [4.78, 5) is 28.7. The summed E-state index contributed by atoms with van der Waals surface area (Å²) in [6.45, 7) is 0.591. The normalized spacial score (nSPS) is 19.8. The van der Waals surface area contributed by atoms with E-state index in [1.54, 1.807) is 10.9 Å². The summed E-state index contributed by atoms with van der Waals surface area (Å²) in [6, 6.07) is 1.81. The zero-order chi connectivity index (χ0) is 12.5. The lowest BCUT2D eigenvalue weighted by Gasteiger charge is -2.09. The number of aromatic nitrogens is 2. The Labute approximate surface area is 108 Å². The van der Waals surface area contributed by atoms with Gasteiger partial charge in [-0.3, -0.25) is 14.2 Å². The molecule has 0 aromatic carbocycles. The van der Waals surface area contributed by atoms with E-state index >= 15 is 0 Å². The van der Waals surface area contributed by atoms with E-state index in [0.29, 0.717) is 24.1 Å². The predicted octanol–water partition coefficient (Wildman–Crippen LogP) is 2.22. The van der Waals surface area contributed by atoms with Crippen molar-refractivity contribution in [1.82, 2.24) is 9.55 Å². The van der Waals surface area contributed by atoms with E-state index in [2.05, 4.69) is 4.98 Å². The maximum atomic E-state index is 12.1. The summed E-state index contributed by atoms with van der Waals surface area (Å²) in [7, 11) is 0. The molecule has 1 saturated carbocycles. The second-order valence-electron chi connectivity index (χ2n) is 4.73. The number of hydrogen-bond donors (Lipinski definition) is 0. The number of carbonyl (C=O) groups is 1. The predicted molar refractivity (Wildman–Crippen MR) is 70.8 cm³/mol. The monoisotopic (exact) mass is 262 g/mol. The number of rotatable bonds is 3. The summed E-state index contributed by atoms with van der Waals surface area (Å²) in [5.74, 6) is 0.502. The van der Waals surface area contributed by atoms with Crippen molar-refractivity contribution in [1.29, 1.82) is 0 Å². The number of ketones is 1. The molecule has 1 aliphatic carbocycles. The fourth-order valence-corrected chi connectivity index (χ4v) is 3.26. The molecule has 1 unspecified atom stereocenters. The third-order valence-electron chi connectivity index (χ3n) is 3.60. The molecule has 0 bridgehead atoms. The molecule has 0 amide bonds. The van der Waals surface area contributed by atoms with Gasteiger partial charge in [-0.25, -0.2) is 4.98 Å². The molecule has 5 heteroatoms. The van der Waals surface area contributed by atoms with Crippen LogP contribution in [0.1, 0.15) is 25.7 Å². The lowest BCUT2D eigenvalue weighted by Crippen LogP contribution is -2.22. The van der Waals surface area contributed by atoms with Gasteiger partial charge in [0.2, 0.25) is 0 Å². The van der Waals surface area contributed by atoms with Crippen LogP contribution in [0, 0.1) is 5.92 Å². The van der Waals surface area contributed by atoms with Crippen LogP contribution in [0.15, 0.2) is 22.6 Å². The molecule has 0 N–H and O–H groups in total. The fourth-order valence-electron chi connectivity index (χ4n) is 2.54. The molecule has 0 saturated heterocycles. The van der Waals surface area contributed by atoms with E-state index in [4.69, 9.17) is 0 Å². The van der Waals surface area contributed by atoms with E-state index in [1.165, 1.54) is 11.3 Å². The fraction of sp³-hybridized carbons (Fsp3) is 0.462. The highest BCUT2D eigenvalue weighted by molar-refractivity contribution is 7.16. The molecule has 1 atom stereocenters. The first kappa shape index (κ1) is 11.6. The first-order chi connectivity index (χ1) is 8.75. The van der Waals surface area contributed by atoms with Crippen LogP contribution in [-0.4, -0.2) is 15.3 Å². The first-order valence-corrected chi connectivity index (χ1v) is 7.09. The Morgan fingerprint density at radius 2 is 2.33 bits per heavy atom. The van der Waals surface area contributed by atoms with Gasteiger partial charge in [-0.05, 0) is 30.7 Å². The summed E-state index contributed by atoms with van der Waals surface area (Å²) >= 11 is 1.48. The van der Waals surface area contributed by atoms with Crippen LogP contribution in [-0.2, 0) is 11.3 Å². The Hall–Kier alpha value is -1.49. The minimum Gasteiger partial charge on any atom is -0.299 e. The average molecular weight is 262 g/mol. The quantitative estimate of drug-likeness (QED) is 0.852. The van der Waals surface area contributed by atoms with Crippen molar-refractivity contribution in [2.45, 2.75) is 32.2 Å². The standard InChI is InChI=1S/C13H14N2O2S/c16-11-3-1-2-9(11)4-6-15-8-14-12-10(13(15)17)5-7-18-12/h5,7-9H,1-4,6H2. The summed E-state index contributed by atoms with van der Waals surface area (Å²) in [6.07, 6.45) is 5.04. The molecule has 18 heavy (non-hydrogen) atoms. The van der Waals surface area contributed by atoms with Crippen LogP contribution < -0.4 is 5.56 Å². The van der Waals surface area contributed by atoms with Crippen molar-refractivity contribution in [3.8, 4) is 0 Å². The van der Waals surface area contributed by atoms with Crippen molar-refractivity contribution in [2.75, 3.05) is 0 Å². The topological polar surface area (TPSA) is 52.0 Å². The molecular formula is C13H14N2O2S. The Morgan fingerprint density at radius 1 is 1.44 bits per heavy atom. The van der Waals surface area contributed by atoms with E-state index in [0.717, 1.165) is 24.1 Å². The molecular weight excluding hydrogens is 248 g/mol. The van der Waals surface area contributed by atoms with Crippen LogP contribution in [0.4, 0.5) is 0 Å². The van der Waals surface area contributed by atoms with Crippen molar-refractivity contribution in [2.24, 2.45) is 5.92 Å². The highest BCUT2D eigenvalue weighted by Crippen LogP contribution is 2.24. The van der Waals surface area contributed by atoms with Gasteiger partial charge in [-0.1, -0.05) is 0 Å². The van der Waals surface area contributed by atoms with Crippen molar-refractivity contribution in [3.05, 3.63) is 28.1 Å². The summed E-state index contributed by atoms with van der Waals surface area (Å²) in [5.41, 5.74) is 0.00620. The van der Waals surface area contributed by atoms with Crippen molar-refractivity contribution >= 4 is 27.3 Å². The molecule has 3 rings (SSSR count). The second kappa shape index (κ2) is 4.65. The van der Waals surface area contributed by atoms with E-state index in [1.807, 2.05) is 11.4 Å². The second-order valence-corrected chi connectivity index (χ2v) is 5.62. The lowest BCUT2D eigenvalue weighted by molar-refractivity contribution is -0.120. The van der Waals surface area contributed by atoms with Crippen LogP contribution in [0.2, 0.25) is 0 Å². The minimum atomic E-state index is 0.00620. The van der Waals surface area contributed by atoms with Crippen LogP contribution >= 0.6 is 11.3 Å². The largest absolute Gasteiger partial charge is 0.299 e. The van der Waals surface area contributed by atoms with Gasteiger partial charge in [0.15, 0.2) is 0 Å². The van der Waals surface area contributed by atoms with Gasteiger partial charge in [0, 0.05) is 18.9 Å². The number of nitrogens with zero attached hydrogens (tertiary/aromatic N) is 2. The number of fused-ring (bicyclic) bond motifs is 1. The molecule has 1 fully saturated rings. The molecule has 1 aliphatic rings. The average Bonchev–Trinajstić information content (AvgIpc) is 2.98. The number of thiophene rings is 1. The van der Waals surface area contributed by atoms with Crippen molar-refractivity contribution < 1.29 is 4.79 Å². The molecule has 4 nitrogen and oxygen atoms in total. The molecule has 2 aromatic rings. The highest BCUT2D eigenvalue weighted by atomic mass is 32.1. The third-order valence-corrected chi connectivity index (χ3v) is 4.42. The van der Waals surface area contributed by atoms with Gasteiger partial charge < -0.3 is 0 Å². The van der Waals surface area contributed by atoms with Crippen molar-refractivity contribution in [3.63, 3.8) is 0 Å². The molecule has 2 aromatic heterocycles. The summed E-state index contributed by atoms with van der Waals surface area (Å²) < 4.78 is 1.63. The Kier molecular flexibility index (Phi) is 2.99. The molecule has 0 radical (unpaired) electrons. The smallest absolute Gasteiger partial charge is 0.262 e. The minimum absolute atomic E-state index is 0.00620. The number of Topliss-reactive ketones (excluding diaryl/α,β-unsaturated/α-hetero) is 1. The first-order valence-electron chi connectivity index (χ1n) is 6.21. The third kappa shape index (κ3) is 1.99. The molecule has 0 aliphatic heterocycles. The summed E-state index contributed by atoms with van der Waals surface area (Å²) in [5, 5.41) is 2.56.